The Bertz CT molecular complexity index is 1190. The number of amides is 1. The number of fused-ring (bicyclic) bond motifs is 1. The van der Waals surface area contributed by atoms with Gasteiger partial charge in [0.15, 0.2) is 0 Å². The predicted molar refractivity (Wildman–Crippen MR) is 106 cm³/mol. The fourth-order valence-corrected chi connectivity index (χ4v) is 3.27. The SMILES string of the molecule is CCn1c(=O)[nH]c2cc(C(=O)NCc3cc(Br)ccc3OC(F)F)ccc2c1=O. The molecular weight excluding hydrogens is 452 g/mol. The number of aromatic amines is 1. The topological polar surface area (TPSA) is 93.2 Å². The Balaban J connectivity index is 1.85. The van der Waals surface area contributed by atoms with E-state index in [2.05, 4.69) is 31.0 Å². The second-order valence-electron chi connectivity index (χ2n) is 6.05. The fourth-order valence-electron chi connectivity index (χ4n) is 2.86. The minimum atomic E-state index is -2.99. The summed E-state index contributed by atoms with van der Waals surface area (Å²) >= 11 is 3.25. The zero-order valence-corrected chi connectivity index (χ0v) is 16.8. The fraction of sp³-hybridized carbons (Fsp3) is 0.211. The van der Waals surface area contributed by atoms with Crippen LogP contribution in [0.3, 0.4) is 0 Å². The largest absolute Gasteiger partial charge is 0.434 e. The Morgan fingerprint density at radius 3 is 2.69 bits per heavy atom. The van der Waals surface area contributed by atoms with Crippen molar-refractivity contribution in [1.29, 1.82) is 0 Å². The predicted octanol–water partition coefficient (Wildman–Crippen LogP) is 3.00. The van der Waals surface area contributed by atoms with E-state index in [9.17, 15) is 23.2 Å². The smallest absolute Gasteiger partial charge is 0.387 e. The van der Waals surface area contributed by atoms with Crippen LogP contribution >= 0.6 is 15.9 Å². The summed E-state index contributed by atoms with van der Waals surface area (Å²) in [5.74, 6) is -0.554. The van der Waals surface area contributed by atoms with E-state index in [1.54, 1.807) is 19.1 Å². The van der Waals surface area contributed by atoms with Crippen LogP contribution in [0, 0.1) is 0 Å². The number of hydrogen-bond acceptors (Lipinski definition) is 4. The Hall–Kier alpha value is -3.01. The molecule has 2 aromatic carbocycles. The Morgan fingerprint density at radius 1 is 1.24 bits per heavy atom. The summed E-state index contributed by atoms with van der Waals surface area (Å²) in [5.41, 5.74) is -0.214. The number of aromatic nitrogens is 2. The standard InChI is InChI=1S/C19H16BrF2N3O4/c1-2-25-17(27)13-5-3-10(8-14(13)24-19(25)28)16(26)23-9-11-7-12(20)4-6-15(11)29-18(21)22/h3-8,18H,2,9H2,1H3,(H,23,26)(H,24,28). The van der Waals surface area contributed by atoms with Crippen LogP contribution in [0.5, 0.6) is 5.75 Å². The molecule has 3 aromatic rings. The van der Waals surface area contributed by atoms with Gasteiger partial charge in [-0.3, -0.25) is 14.2 Å². The molecule has 1 heterocycles. The molecule has 0 aliphatic rings. The van der Waals surface area contributed by atoms with Crippen molar-refractivity contribution in [3.05, 3.63) is 72.8 Å². The molecule has 0 bridgehead atoms. The molecule has 0 atom stereocenters. The highest BCUT2D eigenvalue weighted by Crippen LogP contribution is 2.25. The molecule has 29 heavy (non-hydrogen) atoms. The van der Waals surface area contributed by atoms with Crippen LogP contribution in [0.2, 0.25) is 0 Å². The molecule has 0 fully saturated rings. The summed E-state index contributed by atoms with van der Waals surface area (Å²) in [6.45, 7) is -1.15. The molecule has 10 heteroatoms. The molecule has 1 amide bonds. The summed E-state index contributed by atoms with van der Waals surface area (Å²) < 4.78 is 31.3. The van der Waals surface area contributed by atoms with E-state index in [1.165, 1.54) is 24.3 Å². The molecule has 0 aliphatic heterocycles. The van der Waals surface area contributed by atoms with Crippen molar-refractivity contribution in [2.75, 3.05) is 0 Å². The van der Waals surface area contributed by atoms with Gasteiger partial charge in [0.1, 0.15) is 5.75 Å². The van der Waals surface area contributed by atoms with E-state index in [-0.39, 0.29) is 35.3 Å². The number of alkyl halides is 2. The summed E-state index contributed by atoms with van der Waals surface area (Å²) in [4.78, 5) is 39.3. The van der Waals surface area contributed by atoms with Crippen molar-refractivity contribution in [3.8, 4) is 5.75 Å². The average Bonchev–Trinajstić information content (AvgIpc) is 2.67. The first-order valence-electron chi connectivity index (χ1n) is 8.58. The third-order valence-corrected chi connectivity index (χ3v) is 4.73. The van der Waals surface area contributed by atoms with Crippen LogP contribution in [0.15, 0.2) is 50.5 Å². The molecule has 152 valence electrons. The molecule has 7 nitrogen and oxygen atoms in total. The maximum Gasteiger partial charge on any atom is 0.387 e. The lowest BCUT2D eigenvalue weighted by molar-refractivity contribution is -0.0504. The van der Waals surface area contributed by atoms with Gasteiger partial charge >= 0.3 is 12.3 Å². The number of carbonyl (C=O) groups is 1. The van der Waals surface area contributed by atoms with Crippen molar-refractivity contribution in [2.45, 2.75) is 26.6 Å². The first-order chi connectivity index (χ1) is 13.8. The lowest BCUT2D eigenvalue weighted by Crippen LogP contribution is -2.34. The van der Waals surface area contributed by atoms with Crippen LogP contribution in [0.4, 0.5) is 8.78 Å². The number of H-pyrrole nitrogens is 1. The molecule has 0 aliphatic carbocycles. The van der Waals surface area contributed by atoms with Crippen molar-refractivity contribution < 1.29 is 18.3 Å². The minimum absolute atomic E-state index is 0.0496. The first-order valence-corrected chi connectivity index (χ1v) is 9.37. The number of hydrogen-bond donors (Lipinski definition) is 2. The average molecular weight is 468 g/mol. The zero-order chi connectivity index (χ0) is 21.1. The maximum atomic E-state index is 12.6. The number of benzene rings is 2. The second kappa shape index (κ2) is 8.56. The molecule has 0 saturated carbocycles. The molecule has 0 unspecified atom stereocenters. The molecule has 2 N–H and O–H groups in total. The minimum Gasteiger partial charge on any atom is -0.434 e. The number of carbonyl (C=O) groups excluding carboxylic acids is 1. The van der Waals surface area contributed by atoms with Gasteiger partial charge in [-0.2, -0.15) is 8.78 Å². The van der Waals surface area contributed by atoms with Gasteiger partial charge in [0.2, 0.25) is 0 Å². The monoisotopic (exact) mass is 467 g/mol. The third-order valence-electron chi connectivity index (χ3n) is 4.24. The van der Waals surface area contributed by atoms with Gasteiger partial charge in [0, 0.05) is 28.7 Å². The van der Waals surface area contributed by atoms with Gasteiger partial charge in [-0.1, -0.05) is 15.9 Å². The first kappa shape index (κ1) is 20.7. The van der Waals surface area contributed by atoms with E-state index < -0.39 is 23.8 Å². The number of ether oxygens (including phenoxy) is 1. The molecule has 3 rings (SSSR count). The maximum absolute atomic E-state index is 12.6. The molecule has 1 aromatic heterocycles. The third kappa shape index (κ3) is 4.53. The normalized spacial score (nSPS) is 11.1. The number of rotatable bonds is 6. The van der Waals surface area contributed by atoms with Gasteiger partial charge in [-0.05, 0) is 43.3 Å². The highest BCUT2D eigenvalue weighted by Gasteiger charge is 2.14. The van der Waals surface area contributed by atoms with E-state index in [4.69, 9.17) is 0 Å². The van der Waals surface area contributed by atoms with Gasteiger partial charge in [-0.25, -0.2) is 4.79 Å². The number of nitrogens with one attached hydrogen (secondary N) is 2. The van der Waals surface area contributed by atoms with E-state index in [0.717, 1.165) is 4.57 Å². The van der Waals surface area contributed by atoms with Crippen molar-refractivity contribution in [3.63, 3.8) is 0 Å². The Kier molecular flexibility index (Phi) is 6.12. The van der Waals surface area contributed by atoms with Crippen molar-refractivity contribution >= 4 is 32.7 Å². The Morgan fingerprint density at radius 2 is 2.00 bits per heavy atom. The van der Waals surface area contributed by atoms with Gasteiger partial charge < -0.3 is 15.0 Å². The lowest BCUT2D eigenvalue weighted by Gasteiger charge is -2.12. The second-order valence-corrected chi connectivity index (χ2v) is 6.97. The van der Waals surface area contributed by atoms with E-state index in [1.807, 2.05) is 0 Å². The van der Waals surface area contributed by atoms with Gasteiger partial charge in [0.25, 0.3) is 11.5 Å². The molecule has 0 saturated heterocycles. The summed E-state index contributed by atoms with van der Waals surface area (Å²) in [6.07, 6.45) is 0. The summed E-state index contributed by atoms with van der Waals surface area (Å²) in [5, 5.41) is 2.89. The van der Waals surface area contributed by atoms with Crippen LogP contribution in [-0.4, -0.2) is 22.1 Å². The lowest BCUT2D eigenvalue weighted by atomic mass is 10.1. The van der Waals surface area contributed by atoms with Crippen LogP contribution in [-0.2, 0) is 13.1 Å². The van der Waals surface area contributed by atoms with Gasteiger partial charge in [-0.15, -0.1) is 0 Å². The zero-order valence-electron chi connectivity index (χ0n) is 15.2. The molecule has 0 spiro atoms. The highest BCUT2D eigenvalue weighted by molar-refractivity contribution is 9.10. The van der Waals surface area contributed by atoms with E-state index >= 15 is 0 Å². The van der Waals surface area contributed by atoms with Crippen molar-refractivity contribution in [1.82, 2.24) is 14.9 Å². The molecule has 0 radical (unpaired) electrons. The number of nitrogens with zero attached hydrogens (tertiary/aromatic N) is 1. The highest BCUT2D eigenvalue weighted by atomic mass is 79.9. The Labute approximate surface area is 171 Å². The summed E-state index contributed by atoms with van der Waals surface area (Å²) in [6, 6.07) is 8.78. The quantitative estimate of drug-likeness (QED) is 0.582. The van der Waals surface area contributed by atoms with Crippen LogP contribution < -0.4 is 21.3 Å². The van der Waals surface area contributed by atoms with Crippen LogP contribution in [0.1, 0.15) is 22.8 Å². The number of halogens is 3. The molecular formula is C19H16BrF2N3O4. The van der Waals surface area contributed by atoms with Crippen LogP contribution in [0.25, 0.3) is 10.9 Å². The summed E-state index contributed by atoms with van der Waals surface area (Å²) in [7, 11) is 0. The van der Waals surface area contributed by atoms with Gasteiger partial charge in [0.05, 0.1) is 10.9 Å². The van der Waals surface area contributed by atoms with Crippen molar-refractivity contribution in [2.24, 2.45) is 0 Å². The van der Waals surface area contributed by atoms with E-state index in [0.29, 0.717) is 10.0 Å².